The highest BCUT2D eigenvalue weighted by Gasteiger charge is 2.33. The molecule has 0 saturated carbocycles. The fourth-order valence-corrected chi connectivity index (χ4v) is 1.39. The first-order chi connectivity index (χ1) is 9.61. The number of alkyl halides is 3. The van der Waals surface area contributed by atoms with Gasteiger partial charge >= 0.3 is 17.8 Å². The van der Waals surface area contributed by atoms with E-state index in [4.69, 9.17) is 9.47 Å². The van der Waals surface area contributed by atoms with Gasteiger partial charge < -0.3 is 9.47 Å². The summed E-state index contributed by atoms with van der Waals surface area (Å²) in [5, 5.41) is 10.8. The molecule has 0 heterocycles. The minimum atomic E-state index is -4.71. The third-order valence-electron chi connectivity index (χ3n) is 2.20. The average Bonchev–Trinajstić information content (AvgIpc) is 2.34. The van der Waals surface area contributed by atoms with Crippen LogP contribution in [0.3, 0.4) is 0 Å². The number of hydrogen-bond donors (Lipinski definition) is 0. The minimum absolute atomic E-state index is 0.350. The van der Waals surface area contributed by atoms with E-state index in [2.05, 4.69) is 0 Å². The highest BCUT2D eigenvalue weighted by Crippen LogP contribution is 2.35. The molecule has 0 aliphatic carbocycles. The molecular formula is C12H12F3NO5. The zero-order valence-corrected chi connectivity index (χ0v) is 11.1. The molecular weight excluding hydrogens is 295 g/mol. The number of benzene rings is 1. The largest absolute Gasteiger partial charge is 0.475 e. The second-order valence-corrected chi connectivity index (χ2v) is 4.26. The van der Waals surface area contributed by atoms with Crippen LogP contribution in [0.25, 0.3) is 0 Å². The number of nitrogens with zero attached hydrogens (tertiary/aromatic N) is 1. The van der Waals surface area contributed by atoms with E-state index in [1.807, 2.05) is 0 Å². The summed E-state index contributed by atoms with van der Waals surface area (Å²) in [6.45, 7) is 2.56. The van der Waals surface area contributed by atoms with Crippen LogP contribution in [0.1, 0.15) is 19.4 Å². The van der Waals surface area contributed by atoms with Crippen LogP contribution >= 0.6 is 0 Å². The molecule has 116 valence electrons. The van der Waals surface area contributed by atoms with Crippen molar-refractivity contribution >= 4 is 11.7 Å². The zero-order valence-electron chi connectivity index (χ0n) is 11.1. The van der Waals surface area contributed by atoms with Gasteiger partial charge in [-0.3, -0.25) is 10.1 Å². The maximum absolute atomic E-state index is 12.5. The summed E-state index contributed by atoms with van der Waals surface area (Å²) in [6, 6.07) is 1.78. The maximum Gasteiger partial charge on any atom is 0.416 e. The van der Waals surface area contributed by atoms with E-state index in [9.17, 15) is 28.1 Å². The SMILES string of the molecule is CC(C)OC(=O)COc1ccc(C(F)(F)F)cc1[N+](=O)[O-]. The number of carbonyl (C=O) groups is 1. The smallest absolute Gasteiger partial charge is 0.416 e. The molecule has 0 aliphatic rings. The summed E-state index contributed by atoms with van der Waals surface area (Å²) in [5.74, 6) is -1.21. The first kappa shape index (κ1) is 16.7. The highest BCUT2D eigenvalue weighted by atomic mass is 19.4. The van der Waals surface area contributed by atoms with E-state index in [-0.39, 0.29) is 0 Å². The summed E-state index contributed by atoms with van der Waals surface area (Å²) in [4.78, 5) is 21.0. The molecule has 6 nitrogen and oxygen atoms in total. The van der Waals surface area contributed by atoms with Crippen molar-refractivity contribution < 1.29 is 32.4 Å². The Hall–Kier alpha value is -2.32. The zero-order chi connectivity index (χ0) is 16.2. The van der Waals surface area contributed by atoms with Gasteiger partial charge in [-0.25, -0.2) is 4.79 Å². The second kappa shape index (κ2) is 6.42. The fourth-order valence-electron chi connectivity index (χ4n) is 1.39. The molecule has 0 aromatic heterocycles. The van der Waals surface area contributed by atoms with Crippen molar-refractivity contribution in [2.24, 2.45) is 0 Å². The molecule has 0 N–H and O–H groups in total. The molecule has 0 unspecified atom stereocenters. The van der Waals surface area contributed by atoms with Crippen LogP contribution in [-0.2, 0) is 15.7 Å². The van der Waals surface area contributed by atoms with Crippen LogP contribution < -0.4 is 4.74 Å². The molecule has 21 heavy (non-hydrogen) atoms. The van der Waals surface area contributed by atoms with Crippen molar-refractivity contribution in [1.29, 1.82) is 0 Å². The van der Waals surface area contributed by atoms with E-state index in [0.717, 1.165) is 6.07 Å². The topological polar surface area (TPSA) is 78.7 Å². The number of halogens is 3. The predicted molar refractivity (Wildman–Crippen MR) is 64.8 cm³/mol. The predicted octanol–water partition coefficient (Wildman–Crippen LogP) is 2.94. The first-order valence-electron chi connectivity index (χ1n) is 5.79. The molecule has 0 spiro atoms. The molecule has 0 fully saturated rings. The van der Waals surface area contributed by atoms with E-state index < -0.39 is 46.8 Å². The van der Waals surface area contributed by atoms with Gasteiger partial charge in [0.2, 0.25) is 0 Å². The molecule has 9 heteroatoms. The van der Waals surface area contributed by atoms with Crippen LogP contribution in [0.5, 0.6) is 5.75 Å². The van der Waals surface area contributed by atoms with Crippen molar-refractivity contribution in [3.63, 3.8) is 0 Å². The van der Waals surface area contributed by atoms with Gasteiger partial charge in [0, 0.05) is 6.07 Å². The number of ether oxygens (including phenoxy) is 2. The Morgan fingerprint density at radius 2 is 2.00 bits per heavy atom. The Bertz CT molecular complexity index is 542. The molecule has 0 aliphatic heterocycles. The molecule has 1 aromatic carbocycles. The minimum Gasteiger partial charge on any atom is -0.475 e. The number of esters is 1. The lowest BCUT2D eigenvalue weighted by Crippen LogP contribution is -2.19. The fraction of sp³-hybridized carbons (Fsp3) is 0.417. The van der Waals surface area contributed by atoms with Crippen molar-refractivity contribution in [3.8, 4) is 5.75 Å². The van der Waals surface area contributed by atoms with Gasteiger partial charge in [0.1, 0.15) is 0 Å². The van der Waals surface area contributed by atoms with Gasteiger partial charge in [-0.15, -0.1) is 0 Å². The third-order valence-corrected chi connectivity index (χ3v) is 2.20. The Balaban J connectivity index is 2.92. The van der Waals surface area contributed by atoms with Crippen LogP contribution in [0.2, 0.25) is 0 Å². The summed E-state index contributed by atoms with van der Waals surface area (Å²) in [7, 11) is 0. The van der Waals surface area contributed by atoms with Gasteiger partial charge in [0.05, 0.1) is 16.6 Å². The number of carbonyl (C=O) groups excluding carboxylic acids is 1. The Labute approximate surface area is 117 Å². The molecule has 1 rings (SSSR count). The van der Waals surface area contributed by atoms with Gasteiger partial charge in [-0.05, 0) is 26.0 Å². The average molecular weight is 307 g/mol. The third kappa shape index (κ3) is 4.93. The number of rotatable bonds is 5. The highest BCUT2D eigenvalue weighted by molar-refractivity contribution is 5.71. The normalized spacial score (nSPS) is 11.3. The van der Waals surface area contributed by atoms with Gasteiger partial charge in [0.25, 0.3) is 0 Å². The van der Waals surface area contributed by atoms with Crippen molar-refractivity contribution in [2.45, 2.75) is 26.1 Å². The molecule has 0 bridgehead atoms. The lowest BCUT2D eigenvalue weighted by Gasteiger charge is -2.11. The van der Waals surface area contributed by atoms with Crippen LogP contribution in [0, 0.1) is 10.1 Å². The number of hydrogen-bond acceptors (Lipinski definition) is 5. The van der Waals surface area contributed by atoms with Crippen LogP contribution in [0.4, 0.5) is 18.9 Å². The van der Waals surface area contributed by atoms with Crippen molar-refractivity contribution in [2.75, 3.05) is 6.61 Å². The van der Waals surface area contributed by atoms with E-state index in [1.54, 1.807) is 13.8 Å². The first-order valence-corrected chi connectivity index (χ1v) is 5.79. The lowest BCUT2D eigenvalue weighted by atomic mass is 10.2. The van der Waals surface area contributed by atoms with Crippen LogP contribution in [0.15, 0.2) is 18.2 Å². The monoisotopic (exact) mass is 307 g/mol. The maximum atomic E-state index is 12.5. The van der Waals surface area contributed by atoms with Crippen LogP contribution in [-0.4, -0.2) is 23.6 Å². The Morgan fingerprint density at radius 3 is 2.48 bits per heavy atom. The van der Waals surface area contributed by atoms with Gasteiger partial charge in [-0.1, -0.05) is 0 Å². The summed E-state index contributed by atoms with van der Waals surface area (Å²) in [5.41, 5.74) is -2.05. The Kier molecular flexibility index (Phi) is 5.12. The van der Waals surface area contributed by atoms with Gasteiger partial charge in [0.15, 0.2) is 12.4 Å². The quantitative estimate of drug-likeness (QED) is 0.475. The molecule has 0 radical (unpaired) electrons. The number of nitro benzene ring substituents is 1. The van der Waals surface area contributed by atoms with E-state index >= 15 is 0 Å². The van der Waals surface area contributed by atoms with Crippen molar-refractivity contribution in [1.82, 2.24) is 0 Å². The lowest BCUT2D eigenvalue weighted by molar-refractivity contribution is -0.386. The second-order valence-electron chi connectivity index (χ2n) is 4.26. The molecule has 1 aromatic rings. The van der Waals surface area contributed by atoms with Crippen molar-refractivity contribution in [3.05, 3.63) is 33.9 Å². The van der Waals surface area contributed by atoms with Gasteiger partial charge in [-0.2, -0.15) is 13.2 Å². The standard InChI is InChI=1S/C12H12F3NO5/c1-7(2)21-11(17)6-20-10-4-3-8(12(13,14)15)5-9(10)16(18)19/h3-5,7H,6H2,1-2H3. The Morgan fingerprint density at radius 1 is 1.38 bits per heavy atom. The number of nitro groups is 1. The van der Waals surface area contributed by atoms with E-state index in [0.29, 0.717) is 12.1 Å². The van der Waals surface area contributed by atoms with E-state index in [1.165, 1.54) is 0 Å². The summed E-state index contributed by atoms with van der Waals surface area (Å²) < 4.78 is 47.0. The molecule has 0 saturated heterocycles. The molecule has 0 amide bonds. The molecule has 0 atom stereocenters. The summed E-state index contributed by atoms with van der Waals surface area (Å²) >= 11 is 0. The summed E-state index contributed by atoms with van der Waals surface area (Å²) in [6.07, 6.45) is -5.11.